The predicted molar refractivity (Wildman–Crippen MR) is 321 cm³/mol. The fourth-order valence-electron chi connectivity index (χ4n) is 10.5. The second kappa shape index (κ2) is 62.1. The van der Waals surface area contributed by atoms with Crippen LogP contribution in [0.1, 0.15) is 361 Å². The third kappa shape index (κ3) is 56.5. The van der Waals surface area contributed by atoms with Crippen molar-refractivity contribution in [3.05, 3.63) is 24.3 Å². The summed E-state index contributed by atoms with van der Waals surface area (Å²) in [7, 11) is 0. The van der Waals surface area contributed by atoms with Gasteiger partial charge < -0.3 is 25.4 Å². The maximum Gasteiger partial charge on any atom is 0.305 e. The van der Waals surface area contributed by atoms with E-state index in [1.807, 2.05) is 0 Å². The largest absolute Gasteiger partial charge is 0.466 e. The quantitative estimate of drug-likeness (QED) is 0.0274. The summed E-state index contributed by atoms with van der Waals surface area (Å²) in [6, 6.07) is -0.810. The predicted octanol–water partition coefficient (Wildman–Crippen LogP) is 19.9. The SMILES string of the molecule is CCCCC/C=C\C/C=C\CCCCCCCC(=O)OCCCCCCCCCCCCCCCCCCCCCCCCCCCCCCCC(=O)N[C@@H](CO)[C@H](O)[C@H](O)CCCCCCCCCCCCC. The second-order valence-corrected chi connectivity index (χ2v) is 22.9. The Balaban J connectivity index is 3.36. The van der Waals surface area contributed by atoms with Gasteiger partial charge in [0.15, 0.2) is 0 Å². The first-order valence-corrected chi connectivity index (χ1v) is 33.2. The molecule has 74 heavy (non-hydrogen) atoms. The molecule has 7 nitrogen and oxygen atoms in total. The number of hydrogen-bond donors (Lipinski definition) is 4. The van der Waals surface area contributed by atoms with Gasteiger partial charge in [-0.05, 0) is 57.8 Å². The number of esters is 1. The van der Waals surface area contributed by atoms with Crippen molar-refractivity contribution < 1.29 is 29.6 Å². The summed E-state index contributed by atoms with van der Waals surface area (Å²) in [5, 5.41) is 33.6. The zero-order valence-electron chi connectivity index (χ0n) is 49.7. The van der Waals surface area contributed by atoms with Gasteiger partial charge in [0.1, 0.15) is 6.10 Å². The minimum Gasteiger partial charge on any atom is -0.466 e. The van der Waals surface area contributed by atoms with Gasteiger partial charge in [-0.1, -0.05) is 314 Å². The molecule has 0 heterocycles. The van der Waals surface area contributed by atoms with E-state index in [4.69, 9.17) is 4.74 Å². The van der Waals surface area contributed by atoms with Crippen molar-refractivity contribution in [3.8, 4) is 0 Å². The fraction of sp³-hybridized carbons (Fsp3) is 0.910. The van der Waals surface area contributed by atoms with Crippen LogP contribution in [0.3, 0.4) is 0 Å². The number of aliphatic hydroxyl groups is 3. The van der Waals surface area contributed by atoms with Gasteiger partial charge in [0.05, 0.1) is 25.4 Å². The Morgan fingerprint density at radius 1 is 0.392 bits per heavy atom. The van der Waals surface area contributed by atoms with Crippen molar-refractivity contribution in [2.75, 3.05) is 13.2 Å². The molecule has 0 unspecified atom stereocenters. The Kier molecular flexibility index (Phi) is 60.7. The van der Waals surface area contributed by atoms with Crippen LogP contribution < -0.4 is 5.32 Å². The molecule has 0 spiro atoms. The molecular formula is C67H129NO6. The molecule has 0 fully saturated rings. The third-order valence-corrected chi connectivity index (χ3v) is 15.6. The van der Waals surface area contributed by atoms with Crippen LogP contribution in [0.5, 0.6) is 0 Å². The zero-order chi connectivity index (χ0) is 53.7. The maximum absolute atomic E-state index is 12.5. The Morgan fingerprint density at radius 3 is 1.09 bits per heavy atom. The Morgan fingerprint density at radius 2 is 0.703 bits per heavy atom. The molecule has 0 aromatic heterocycles. The van der Waals surface area contributed by atoms with E-state index < -0.39 is 18.2 Å². The van der Waals surface area contributed by atoms with E-state index in [1.165, 1.54) is 263 Å². The molecule has 3 atom stereocenters. The molecule has 0 aromatic carbocycles. The molecule has 0 bridgehead atoms. The lowest BCUT2D eigenvalue weighted by Crippen LogP contribution is -2.50. The van der Waals surface area contributed by atoms with Gasteiger partial charge >= 0.3 is 5.97 Å². The highest BCUT2D eigenvalue weighted by Crippen LogP contribution is 2.19. The van der Waals surface area contributed by atoms with Gasteiger partial charge in [0, 0.05) is 12.8 Å². The first-order chi connectivity index (χ1) is 36.5. The Labute approximate surface area is 461 Å². The number of aliphatic hydroxyl groups excluding tert-OH is 3. The van der Waals surface area contributed by atoms with Gasteiger partial charge in [-0.3, -0.25) is 9.59 Å². The van der Waals surface area contributed by atoms with E-state index >= 15 is 0 Å². The van der Waals surface area contributed by atoms with Crippen LogP contribution in [-0.2, 0) is 14.3 Å². The van der Waals surface area contributed by atoms with Crippen molar-refractivity contribution in [2.45, 2.75) is 379 Å². The van der Waals surface area contributed by atoms with Crippen molar-refractivity contribution in [3.63, 3.8) is 0 Å². The topological polar surface area (TPSA) is 116 Å². The molecule has 0 aliphatic rings. The molecule has 0 aliphatic heterocycles. The van der Waals surface area contributed by atoms with Gasteiger partial charge in [-0.15, -0.1) is 0 Å². The Bertz CT molecular complexity index is 1170. The third-order valence-electron chi connectivity index (χ3n) is 15.6. The van der Waals surface area contributed by atoms with Crippen LogP contribution >= 0.6 is 0 Å². The molecule has 4 N–H and O–H groups in total. The van der Waals surface area contributed by atoms with Crippen molar-refractivity contribution in [1.29, 1.82) is 0 Å². The highest BCUT2D eigenvalue weighted by Gasteiger charge is 2.27. The number of hydrogen-bond acceptors (Lipinski definition) is 6. The monoisotopic (exact) mass is 1040 g/mol. The van der Waals surface area contributed by atoms with Gasteiger partial charge in [0.2, 0.25) is 5.91 Å². The zero-order valence-corrected chi connectivity index (χ0v) is 49.7. The lowest BCUT2D eigenvalue weighted by molar-refractivity contribution is -0.143. The van der Waals surface area contributed by atoms with E-state index in [2.05, 4.69) is 43.5 Å². The number of amides is 1. The summed E-state index contributed by atoms with van der Waals surface area (Å²) >= 11 is 0. The van der Waals surface area contributed by atoms with Crippen molar-refractivity contribution in [2.24, 2.45) is 0 Å². The van der Waals surface area contributed by atoms with E-state index in [0.717, 1.165) is 64.2 Å². The summed E-state index contributed by atoms with van der Waals surface area (Å²) in [6.07, 6.45) is 73.9. The number of carbonyl (C=O) groups excluding carboxylic acids is 2. The molecule has 0 saturated carbocycles. The Hall–Kier alpha value is -1.70. The normalized spacial score (nSPS) is 13.1. The number of rotatable bonds is 62. The van der Waals surface area contributed by atoms with Crippen LogP contribution in [0.25, 0.3) is 0 Å². The minimum absolute atomic E-state index is 0.00305. The lowest BCUT2D eigenvalue weighted by Gasteiger charge is -2.26. The molecule has 0 saturated heterocycles. The number of carbonyl (C=O) groups is 2. The van der Waals surface area contributed by atoms with Crippen LogP contribution in [0, 0.1) is 0 Å². The van der Waals surface area contributed by atoms with E-state index in [9.17, 15) is 24.9 Å². The van der Waals surface area contributed by atoms with Gasteiger partial charge in [-0.2, -0.15) is 0 Å². The first-order valence-electron chi connectivity index (χ1n) is 33.2. The highest BCUT2D eigenvalue weighted by atomic mass is 16.5. The van der Waals surface area contributed by atoms with E-state index in [1.54, 1.807) is 0 Å². The number of allylic oxidation sites excluding steroid dienone is 4. The maximum atomic E-state index is 12.5. The summed E-state index contributed by atoms with van der Waals surface area (Å²) in [5.41, 5.74) is 0. The summed E-state index contributed by atoms with van der Waals surface area (Å²) in [4.78, 5) is 24.6. The fourth-order valence-corrected chi connectivity index (χ4v) is 10.5. The average molecular weight is 1040 g/mol. The molecule has 7 heteroatoms. The molecule has 0 rings (SSSR count). The lowest BCUT2D eigenvalue weighted by atomic mass is 9.99. The van der Waals surface area contributed by atoms with Crippen LogP contribution in [0.4, 0.5) is 0 Å². The standard InChI is InChI=1S/C67H129NO6/c1-3-5-7-9-11-13-15-16-32-36-40-44-48-52-56-60-66(72)74-61-57-53-49-45-41-37-34-31-29-27-25-23-21-19-17-18-20-22-24-26-28-30-33-35-39-43-47-51-55-59-65(71)68-63(62-69)67(73)64(70)58-54-50-46-42-38-14-12-10-8-6-4-2/h11,13,16,32,63-64,67,69-70,73H,3-10,12,14-15,17-31,33-62H2,1-2H3,(H,68,71)/b13-11-,32-16-/t63-,64+,67-/m0/s1. The smallest absolute Gasteiger partial charge is 0.305 e. The van der Waals surface area contributed by atoms with E-state index in [0.29, 0.717) is 25.9 Å². The highest BCUT2D eigenvalue weighted by molar-refractivity contribution is 5.76. The summed E-state index contributed by atoms with van der Waals surface area (Å²) in [6.45, 7) is 4.75. The molecular weight excluding hydrogens is 915 g/mol. The number of unbranched alkanes of at least 4 members (excludes halogenated alkanes) is 46. The van der Waals surface area contributed by atoms with Crippen LogP contribution in [-0.4, -0.2) is 58.7 Å². The van der Waals surface area contributed by atoms with Crippen molar-refractivity contribution >= 4 is 11.9 Å². The minimum atomic E-state index is -1.14. The van der Waals surface area contributed by atoms with Crippen LogP contribution in [0.2, 0.25) is 0 Å². The number of nitrogens with one attached hydrogen (secondary N) is 1. The molecule has 0 radical (unpaired) electrons. The first kappa shape index (κ1) is 72.3. The molecule has 0 aliphatic carbocycles. The summed E-state index contributed by atoms with van der Waals surface area (Å²) < 4.78 is 5.48. The molecule has 1 amide bonds. The summed E-state index contributed by atoms with van der Waals surface area (Å²) in [5.74, 6) is -0.141. The molecule has 438 valence electrons. The van der Waals surface area contributed by atoms with Gasteiger partial charge in [-0.25, -0.2) is 0 Å². The average Bonchev–Trinajstić information content (AvgIpc) is 3.40. The van der Waals surface area contributed by atoms with Crippen molar-refractivity contribution in [1.82, 2.24) is 5.32 Å². The van der Waals surface area contributed by atoms with Crippen LogP contribution in [0.15, 0.2) is 24.3 Å². The van der Waals surface area contributed by atoms with E-state index in [-0.39, 0.29) is 18.5 Å². The van der Waals surface area contributed by atoms with Gasteiger partial charge in [0.25, 0.3) is 0 Å². The number of ether oxygens (including phenoxy) is 1. The molecule has 0 aromatic rings. The second-order valence-electron chi connectivity index (χ2n) is 22.9.